The number of benzene rings is 2. The number of H-pyrrole nitrogens is 1. The Kier molecular flexibility index (Phi) is 6.02. The summed E-state index contributed by atoms with van der Waals surface area (Å²) in [5, 5.41) is 24.2. The van der Waals surface area contributed by atoms with Gasteiger partial charge in [-0.1, -0.05) is 24.3 Å². The summed E-state index contributed by atoms with van der Waals surface area (Å²) in [5.41, 5.74) is 0.396. The van der Waals surface area contributed by atoms with E-state index in [1.165, 1.54) is 24.0 Å². The third-order valence-electron chi connectivity index (χ3n) is 6.47. The second kappa shape index (κ2) is 9.07. The van der Waals surface area contributed by atoms with Crippen LogP contribution in [0.3, 0.4) is 0 Å². The summed E-state index contributed by atoms with van der Waals surface area (Å²) in [4.78, 5) is 26.7. The smallest absolute Gasteiger partial charge is 0.394 e. The first kappa shape index (κ1) is 24.6. The molecule has 2 unspecified atom stereocenters. The lowest BCUT2D eigenvalue weighted by Crippen LogP contribution is -2.45. The summed E-state index contributed by atoms with van der Waals surface area (Å²) in [7, 11) is 0. The van der Waals surface area contributed by atoms with Crippen molar-refractivity contribution >= 4 is 16.7 Å². The van der Waals surface area contributed by atoms with Crippen LogP contribution in [-0.4, -0.2) is 54.0 Å². The number of nitrogens with zero attached hydrogens (tertiary/aromatic N) is 5. The fraction of sp³-hybridized carbons (Fsp3) is 0.292. The Bertz CT molecular complexity index is 1560. The highest BCUT2D eigenvalue weighted by molar-refractivity contribution is 5.95. The van der Waals surface area contributed by atoms with E-state index in [1.54, 1.807) is 24.3 Å². The summed E-state index contributed by atoms with van der Waals surface area (Å²) in [6.07, 6.45) is -4.62. The van der Waals surface area contributed by atoms with Gasteiger partial charge in [-0.15, -0.1) is 10.2 Å². The van der Waals surface area contributed by atoms with Gasteiger partial charge in [0.15, 0.2) is 5.82 Å². The summed E-state index contributed by atoms with van der Waals surface area (Å²) < 4.78 is 55.8. The number of halogens is 4. The number of fused-ring (bicyclic) bond motifs is 2. The molecule has 0 aliphatic carbocycles. The van der Waals surface area contributed by atoms with Crippen LogP contribution in [0.25, 0.3) is 10.8 Å². The zero-order chi connectivity index (χ0) is 26.5. The molecule has 2 aromatic heterocycles. The molecule has 0 fully saturated rings. The topological polar surface area (TPSA) is 117 Å². The van der Waals surface area contributed by atoms with Crippen molar-refractivity contribution in [2.45, 2.75) is 31.6 Å². The van der Waals surface area contributed by atoms with Gasteiger partial charge < -0.3 is 10.0 Å². The molecule has 3 heterocycles. The Morgan fingerprint density at radius 3 is 2.59 bits per heavy atom. The maximum Gasteiger partial charge on any atom is 0.451 e. The number of aliphatic hydroxyl groups is 1. The maximum absolute atomic E-state index is 14.8. The van der Waals surface area contributed by atoms with Crippen LogP contribution in [0.15, 0.2) is 47.3 Å². The molecule has 4 aromatic rings. The lowest BCUT2D eigenvalue weighted by Gasteiger charge is -2.38. The van der Waals surface area contributed by atoms with E-state index in [9.17, 15) is 32.3 Å². The molecule has 13 heteroatoms. The van der Waals surface area contributed by atoms with Gasteiger partial charge >= 0.3 is 6.18 Å². The van der Waals surface area contributed by atoms with Gasteiger partial charge in [0, 0.05) is 18.4 Å². The number of aromatic nitrogens is 5. The van der Waals surface area contributed by atoms with E-state index < -0.39 is 42.4 Å². The third kappa shape index (κ3) is 4.24. The number of alkyl halides is 3. The maximum atomic E-state index is 14.8. The minimum Gasteiger partial charge on any atom is -0.394 e. The third-order valence-corrected chi connectivity index (χ3v) is 6.47. The molecule has 1 amide bonds. The average Bonchev–Trinajstić information content (AvgIpc) is 3.34. The normalized spacial score (nSPS) is 17.7. The molecule has 0 spiro atoms. The van der Waals surface area contributed by atoms with Gasteiger partial charge in [-0.25, -0.2) is 9.49 Å². The first-order valence-corrected chi connectivity index (χ1v) is 11.3. The molecule has 2 atom stereocenters. The van der Waals surface area contributed by atoms with Crippen molar-refractivity contribution in [3.8, 4) is 0 Å². The first-order valence-electron chi connectivity index (χ1n) is 11.3. The zero-order valence-electron chi connectivity index (χ0n) is 19.3. The highest BCUT2D eigenvalue weighted by Gasteiger charge is 2.45. The van der Waals surface area contributed by atoms with Crippen LogP contribution in [-0.2, 0) is 12.6 Å². The first-order chi connectivity index (χ1) is 17.6. The van der Waals surface area contributed by atoms with Crippen molar-refractivity contribution in [3.05, 3.63) is 87.1 Å². The van der Waals surface area contributed by atoms with Crippen LogP contribution in [0.1, 0.15) is 52.3 Å². The van der Waals surface area contributed by atoms with Crippen LogP contribution >= 0.6 is 0 Å². The minimum atomic E-state index is -4.80. The Hall–Kier alpha value is -4.13. The van der Waals surface area contributed by atoms with Crippen molar-refractivity contribution in [1.82, 2.24) is 29.9 Å². The van der Waals surface area contributed by atoms with E-state index in [1.807, 2.05) is 0 Å². The Labute approximate surface area is 206 Å². The summed E-state index contributed by atoms with van der Waals surface area (Å²) in [6.45, 7) is 0.447. The molecule has 9 nitrogen and oxygen atoms in total. The lowest BCUT2D eigenvalue weighted by atomic mass is 10.0. The minimum absolute atomic E-state index is 0.161. The van der Waals surface area contributed by atoms with Gasteiger partial charge in [0.25, 0.3) is 11.5 Å². The summed E-state index contributed by atoms with van der Waals surface area (Å²) >= 11 is 0. The number of hydrogen-bond donors (Lipinski definition) is 2. The van der Waals surface area contributed by atoms with E-state index in [0.717, 1.165) is 10.6 Å². The van der Waals surface area contributed by atoms with Gasteiger partial charge in [-0.2, -0.15) is 18.3 Å². The molecule has 1 aliphatic heterocycles. The molecule has 37 heavy (non-hydrogen) atoms. The number of rotatable bonds is 4. The lowest BCUT2D eigenvalue weighted by molar-refractivity contribution is -0.149. The van der Waals surface area contributed by atoms with Crippen LogP contribution < -0.4 is 5.56 Å². The number of aromatic amines is 1. The average molecular weight is 516 g/mol. The zero-order valence-corrected chi connectivity index (χ0v) is 19.3. The standard InChI is InChI=1S/C24H20F4N6O3/c1-12-20-30-32-23(24(26,27)28)34(20)14(11-35)10-33(12)22(37)17-8-13(6-7-18(17)25)9-19-15-4-2-3-5-16(15)21(36)31-29-19/h2-8,12,14,35H,9-11H2,1H3,(H,31,36). The fourth-order valence-corrected chi connectivity index (χ4v) is 4.65. The SMILES string of the molecule is CC1c2nnc(C(F)(F)F)n2C(CO)CN1C(=O)c1cc(Cc2n[nH]c(=O)c3ccccc23)ccc1F. The van der Waals surface area contributed by atoms with Gasteiger partial charge in [0.1, 0.15) is 5.82 Å². The second-order valence-electron chi connectivity index (χ2n) is 8.76. The van der Waals surface area contributed by atoms with E-state index in [-0.39, 0.29) is 29.9 Å². The van der Waals surface area contributed by atoms with Crippen molar-refractivity contribution in [2.75, 3.05) is 13.2 Å². The molecule has 192 valence electrons. The molecule has 5 rings (SSSR count). The fourth-order valence-electron chi connectivity index (χ4n) is 4.65. The van der Waals surface area contributed by atoms with Crippen LogP contribution in [0.5, 0.6) is 0 Å². The van der Waals surface area contributed by atoms with Gasteiger partial charge in [0.05, 0.1) is 35.3 Å². The van der Waals surface area contributed by atoms with E-state index in [2.05, 4.69) is 20.4 Å². The predicted octanol–water partition coefficient (Wildman–Crippen LogP) is 3.01. The molecule has 2 N–H and O–H groups in total. The molecule has 2 aromatic carbocycles. The number of aliphatic hydroxyl groups excluding tert-OH is 1. The molecule has 0 saturated heterocycles. The number of hydrogen-bond acceptors (Lipinski definition) is 6. The van der Waals surface area contributed by atoms with Crippen LogP contribution in [0.2, 0.25) is 0 Å². The van der Waals surface area contributed by atoms with E-state index >= 15 is 0 Å². The molecule has 0 radical (unpaired) electrons. The Balaban J connectivity index is 1.48. The van der Waals surface area contributed by atoms with Crippen LogP contribution in [0.4, 0.5) is 17.6 Å². The number of nitrogens with one attached hydrogen (secondary N) is 1. The van der Waals surface area contributed by atoms with Gasteiger partial charge in [-0.05, 0) is 30.7 Å². The molecule has 1 aliphatic rings. The molecular formula is C24H20F4N6O3. The predicted molar refractivity (Wildman–Crippen MR) is 122 cm³/mol. The van der Waals surface area contributed by atoms with Crippen LogP contribution in [0, 0.1) is 5.82 Å². The van der Waals surface area contributed by atoms with Crippen molar-refractivity contribution < 1.29 is 27.5 Å². The Morgan fingerprint density at radius 1 is 1.16 bits per heavy atom. The monoisotopic (exact) mass is 516 g/mol. The highest BCUT2D eigenvalue weighted by Crippen LogP contribution is 2.37. The van der Waals surface area contributed by atoms with E-state index in [0.29, 0.717) is 22.0 Å². The summed E-state index contributed by atoms with van der Waals surface area (Å²) in [5.74, 6) is -3.02. The quantitative estimate of drug-likeness (QED) is 0.403. The Morgan fingerprint density at radius 2 is 1.89 bits per heavy atom. The number of carbonyl (C=O) groups excluding carboxylic acids is 1. The number of carbonyl (C=O) groups is 1. The van der Waals surface area contributed by atoms with E-state index in [4.69, 9.17) is 0 Å². The van der Waals surface area contributed by atoms with Crippen molar-refractivity contribution in [2.24, 2.45) is 0 Å². The summed E-state index contributed by atoms with van der Waals surface area (Å²) in [6, 6.07) is 8.68. The van der Waals surface area contributed by atoms with Crippen molar-refractivity contribution in [1.29, 1.82) is 0 Å². The van der Waals surface area contributed by atoms with Crippen molar-refractivity contribution in [3.63, 3.8) is 0 Å². The molecular weight excluding hydrogens is 496 g/mol. The number of amides is 1. The van der Waals surface area contributed by atoms with Gasteiger partial charge in [0.2, 0.25) is 5.82 Å². The largest absolute Gasteiger partial charge is 0.451 e. The van der Waals surface area contributed by atoms with Gasteiger partial charge in [-0.3, -0.25) is 14.2 Å². The molecule has 0 bridgehead atoms. The second-order valence-corrected chi connectivity index (χ2v) is 8.76. The molecule has 0 saturated carbocycles. The highest BCUT2D eigenvalue weighted by atomic mass is 19.4.